The van der Waals surface area contributed by atoms with E-state index in [0.717, 1.165) is 26.0 Å². The Morgan fingerprint density at radius 3 is 1.89 bits per heavy atom. The van der Waals surface area contributed by atoms with Gasteiger partial charge in [0.1, 0.15) is 0 Å². The Labute approximate surface area is 165 Å². The molecule has 0 radical (unpaired) electrons. The van der Waals surface area contributed by atoms with Crippen molar-refractivity contribution in [2.45, 2.75) is 20.3 Å². The normalized spacial score (nSPS) is 10.4. The number of ketones is 1. The molecular formula is C22H25NO5. The quantitative estimate of drug-likeness (QED) is 0.327. The molecule has 0 amide bonds. The maximum Gasteiger partial charge on any atom is 0.329 e. The Bertz CT molecular complexity index is 812. The van der Waals surface area contributed by atoms with Crippen LogP contribution in [0, 0.1) is 10.8 Å². The number of esters is 2. The lowest BCUT2D eigenvalue weighted by atomic mass is 9.82. The SMILES string of the molecule is C.COC(=O)C(C=N)(Cc1ccc(C(=O)Cc2ccccc2)cc1)C(=O)OC. The fourth-order valence-electron chi connectivity index (χ4n) is 2.77. The molecule has 0 atom stereocenters. The van der Waals surface area contributed by atoms with E-state index in [9.17, 15) is 14.4 Å². The third kappa shape index (κ3) is 4.91. The minimum Gasteiger partial charge on any atom is -0.468 e. The fourth-order valence-corrected chi connectivity index (χ4v) is 2.77. The molecule has 0 spiro atoms. The first-order chi connectivity index (χ1) is 13.0. The molecule has 6 heteroatoms. The number of carbonyl (C=O) groups is 3. The lowest BCUT2D eigenvalue weighted by Crippen LogP contribution is -2.44. The summed E-state index contributed by atoms with van der Waals surface area (Å²) < 4.78 is 9.37. The molecule has 0 heterocycles. The van der Waals surface area contributed by atoms with Gasteiger partial charge in [-0.05, 0) is 11.1 Å². The van der Waals surface area contributed by atoms with Gasteiger partial charge < -0.3 is 14.9 Å². The van der Waals surface area contributed by atoms with Crippen molar-refractivity contribution in [2.75, 3.05) is 14.2 Å². The molecule has 1 N–H and O–H groups in total. The van der Waals surface area contributed by atoms with Gasteiger partial charge in [0, 0.05) is 24.6 Å². The van der Waals surface area contributed by atoms with E-state index in [1.165, 1.54) is 0 Å². The zero-order valence-electron chi connectivity index (χ0n) is 15.2. The van der Waals surface area contributed by atoms with Crippen molar-refractivity contribution in [3.8, 4) is 0 Å². The van der Waals surface area contributed by atoms with Crippen LogP contribution in [-0.2, 0) is 31.9 Å². The number of hydrogen-bond donors (Lipinski definition) is 1. The van der Waals surface area contributed by atoms with Gasteiger partial charge in [0.15, 0.2) is 5.78 Å². The molecule has 0 aliphatic heterocycles. The highest BCUT2D eigenvalue weighted by Crippen LogP contribution is 2.25. The van der Waals surface area contributed by atoms with Crippen molar-refractivity contribution >= 4 is 23.9 Å². The van der Waals surface area contributed by atoms with E-state index in [2.05, 4.69) is 9.47 Å². The third-order valence-corrected chi connectivity index (χ3v) is 4.31. The maximum atomic E-state index is 12.4. The van der Waals surface area contributed by atoms with Gasteiger partial charge in [0.25, 0.3) is 0 Å². The highest BCUT2D eigenvalue weighted by atomic mass is 16.5. The van der Waals surface area contributed by atoms with Crippen LogP contribution in [0.5, 0.6) is 0 Å². The van der Waals surface area contributed by atoms with Crippen LogP contribution in [0.15, 0.2) is 54.6 Å². The first-order valence-corrected chi connectivity index (χ1v) is 8.31. The smallest absolute Gasteiger partial charge is 0.329 e. The lowest BCUT2D eigenvalue weighted by Gasteiger charge is -2.23. The topological polar surface area (TPSA) is 93.5 Å². The van der Waals surface area contributed by atoms with Gasteiger partial charge >= 0.3 is 11.9 Å². The average molecular weight is 383 g/mol. The summed E-state index contributed by atoms with van der Waals surface area (Å²) >= 11 is 0. The van der Waals surface area contributed by atoms with Crippen molar-refractivity contribution < 1.29 is 23.9 Å². The van der Waals surface area contributed by atoms with Crippen LogP contribution in [0.1, 0.15) is 28.9 Å². The van der Waals surface area contributed by atoms with Crippen LogP contribution in [0.2, 0.25) is 0 Å². The van der Waals surface area contributed by atoms with E-state index in [1.54, 1.807) is 24.3 Å². The van der Waals surface area contributed by atoms with Crippen molar-refractivity contribution in [3.05, 3.63) is 71.3 Å². The predicted molar refractivity (Wildman–Crippen MR) is 107 cm³/mol. The molecule has 2 aromatic carbocycles. The van der Waals surface area contributed by atoms with E-state index in [0.29, 0.717) is 11.1 Å². The molecule has 6 nitrogen and oxygen atoms in total. The number of hydrogen-bond acceptors (Lipinski definition) is 6. The molecule has 0 aliphatic carbocycles. The van der Waals surface area contributed by atoms with Crippen LogP contribution >= 0.6 is 0 Å². The van der Waals surface area contributed by atoms with Gasteiger partial charge in [0.05, 0.1) is 14.2 Å². The molecule has 0 aromatic heterocycles. The van der Waals surface area contributed by atoms with E-state index < -0.39 is 17.4 Å². The average Bonchev–Trinajstić information content (AvgIpc) is 2.72. The molecular weight excluding hydrogens is 358 g/mol. The van der Waals surface area contributed by atoms with Crippen LogP contribution in [0.25, 0.3) is 0 Å². The van der Waals surface area contributed by atoms with Gasteiger partial charge in [-0.2, -0.15) is 0 Å². The second kappa shape index (κ2) is 10.2. The molecule has 0 fully saturated rings. The van der Waals surface area contributed by atoms with Crippen LogP contribution < -0.4 is 0 Å². The highest BCUT2D eigenvalue weighted by molar-refractivity contribution is 6.14. The highest BCUT2D eigenvalue weighted by Gasteiger charge is 2.47. The van der Waals surface area contributed by atoms with Gasteiger partial charge in [-0.3, -0.25) is 14.4 Å². The van der Waals surface area contributed by atoms with Crippen LogP contribution in [-0.4, -0.2) is 38.2 Å². The van der Waals surface area contributed by atoms with Crippen LogP contribution in [0.4, 0.5) is 0 Å². The Kier molecular flexibility index (Phi) is 8.26. The summed E-state index contributed by atoms with van der Waals surface area (Å²) in [5.41, 5.74) is 0.203. The summed E-state index contributed by atoms with van der Waals surface area (Å²) in [6.07, 6.45) is 0.928. The molecule has 2 rings (SSSR count). The molecule has 0 saturated carbocycles. The zero-order valence-corrected chi connectivity index (χ0v) is 15.2. The number of carbonyl (C=O) groups excluding carboxylic acids is 3. The van der Waals surface area contributed by atoms with E-state index in [-0.39, 0.29) is 26.1 Å². The molecule has 0 aliphatic rings. The van der Waals surface area contributed by atoms with Crippen LogP contribution in [0.3, 0.4) is 0 Å². The largest absolute Gasteiger partial charge is 0.468 e. The fraction of sp³-hybridized carbons (Fsp3) is 0.273. The number of Topliss-reactive ketones (excluding diaryl/α,β-unsaturated/α-hetero) is 1. The monoisotopic (exact) mass is 383 g/mol. The summed E-state index contributed by atoms with van der Waals surface area (Å²) in [7, 11) is 2.30. The molecule has 2 aromatic rings. The molecule has 0 bridgehead atoms. The number of methoxy groups -OCH3 is 2. The van der Waals surface area contributed by atoms with Gasteiger partial charge in [-0.15, -0.1) is 0 Å². The first kappa shape index (κ1) is 22.8. The minimum atomic E-state index is -1.85. The third-order valence-electron chi connectivity index (χ3n) is 4.31. The summed E-state index contributed by atoms with van der Waals surface area (Å²) in [4.78, 5) is 36.6. The predicted octanol–water partition coefficient (Wildman–Crippen LogP) is 3.27. The van der Waals surface area contributed by atoms with Crippen molar-refractivity contribution in [2.24, 2.45) is 5.41 Å². The number of benzene rings is 2. The minimum absolute atomic E-state index is 0. The van der Waals surface area contributed by atoms with Crippen molar-refractivity contribution in [3.63, 3.8) is 0 Å². The summed E-state index contributed by atoms with van der Waals surface area (Å²) in [6, 6.07) is 16.0. The summed E-state index contributed by atoms with van der Waals surface area (Å²) in [5.74, 6) is -1.77. The first-order valence-electron chi connectivity index (χ1n) is 8.31. The maximum absolute atomic E-state index is 12.4. The standard InChI is InChI=1S/C21H21NO5.CH4/c1-26-19(24)21(14-22,20(25)27-2)13-16-8-10-17(11-9-16)18(23)12-15-6-4-3-5-7-15;/h3-11,14,22H,12-13H2,1-2H3;1H4. The lowest BCUT2D eigenvalue weighted by molar-refractivity contribution is -0.163. The summed E-state index contributed by atoms with van der Waals surface area (Å²) in [5, 5.41) is 7.58. The summed E-state index contributed by atoms with van der Waals surface area (Å²) in [6.45, 7) is 0. The number of ether oxygens (including phenoxy) is 2. The zero-order chi connectivity index (χ0) is 19.9. The number of rotatable bonds is 8. The molecule has 0 saturated heterocycles. The Morgan fingerprint density at radius 1 is 0.893 bits per heavy atom. The molecule has 0 unspecified atom stereocenters. The molecule has 148 valence electrons. The van der Waals surface area contributed by atoms with E-state index in [1.807, 2.05) is 30.3 Å². The Hall–Kier alpha value is -3.28. The van der Waals surface area contributed by atoms with Gasteiger partial charge in [-0.1, -0.05) is 62.0 Å². The second-order valence-corrected chi connectivity index (χ2v) is 6.06. The number of nitrogens with one attached hydrogen (secondary N) is 1. The van der Waals surface area contributed by atoms with Gasteiger partial charge in [0.2, 0.25) is 5.41 Å². The Balaban J connectivity index is 0.00000392. The molecule has 28 heavy (non-hydrogen) atoms. The van der Waals surface area contributed by atoms with Crippen molar-refractivity contribution in [1.29, 1.82) is 5.41 Å². The van der Waals surface area contributed by atoms with E-state index >= 15 is 0 Å². The Morgan fingerprint density at radius 2 is 1.43 bits per heavy atom. The van der Waals surface area contributed by atoms with Gasteiger partial charge in [-0.25, -0.2) is 0 Å². The van der Waals surface area contributed by atoms with E-state index in [4.69, 9.17) is 5.41 Å². The van der Waals surface area contributed by atoms with Crippen molar-refractivity contribution in [1.82, 2.24) is 0 Å². The second-order valence-electron chi connectivity index (χ2n) is 6.06.